The van der Waals surface area contributed by atoms with Gasteiger partial charge >= 0.3 is 0 Å². The van der Waals surface area contributed by atoms with E-state index in [-0.39, 0.29) is 0 Å². The number of nitrogens with zero attached hydrogens (tertiary/aromatic N) is 3. The highest BCUT2D eigenvalue weighted by Gasteiger charge is 2.21. The fraction of sp³-hybridized carbons (Fsp3) is 0.200. The van der Waals surface area contributed by atoms with Gasteiger partial charge in [-0.25, -0.2) is 0 Å². The fourth-order valence-electron chi connectivity index (χ4n) is 3.47. The van der Waals surface area contributed by atoms with Crippen molar-refractivity contribution in [2.45, 2.75) is 17.8 Å². The van der Waals surface area contributed by atoms with Crippen molar-refractivity contribution in [3.05, 3.63) is 75.8 Å². The first-order valence-electron chi connectivity index (χ1n) is 10.3. The average Bonchev–Trinajstić information content (AvgIpc) is 3.26. The van der Waals surface area contributed by atoms with Crippen molar-refractivity contribution in [1.29, 1.82) is 0 Å². The molecule has 0 saturated heterocycles. The molecule has 0 aliphatic heterocycles. The van der Waals surface area contributed by atoms with E-state index in [1.54, 1.807) is 27.4 Å². The summed E-state index contributed by atoms with van der Waals surface area (Å²) in [4.78, 5) is 0. The molecule has 0 spiro atoms. The Morgan fingerprint density at radius 3 is 2.12 bits per heavy atom. The summed E-state index contributed by atoms with van der Waals surface area (Å²) in [5, 5.41) is 11.0. The molecule has 0 amide bonds. The Balaban J connectivity index is 1.81. The predicted molar refractivity (Wildman–Crippen MR) is 137 cm³/mol. The molecule has 0 bridgehead atoms. The predicted octanol–water partition coefficient (Wildman–Crippen LogP) is 6.87. The summed E-state index contributed by atoms with van der Waals surface area (Å²) in [5.41, 5.74) is 3.83. The van der Waals surface area contributed by atoms with Crippen LogP contribution in [0.4, 0.5) is 0 Å². The van der Waals surface area contributed by atoms with Crippen LogP contribution in [0.5, 0.6) is 17.2 Å². The molecule has 0 atom stereocenters. The summed E-state index contributed by atoms with van der Waals surface area (Å²) in [7, 11) is 4.75. The smallest absolute Gasteiger partial charge is 0.203 e. The first-order valence-corrected chi connectivity index (χ1v) is 12.1. The lowest BCUT2D eigenvalue weighted by Gasteiger charge is -2.15. The molecule has 3 aromatic carbocycles. The van der Waals surface area contributed by atoms with E-state index < -0.39 is 0 Å². The zero-order valence-corrected chi connectivity index (χ0v) is 21.5. The van der Waals surface area contributed by atoms with E-state index in [9.17, 15) is 0 Å². The SMILES string of the molecule is COc1cc(-c2nnc(SCc3ccc(Cl)cc3Cl)n2-c2ccc(C)cc2)cc(OC)c1OC. The van der Waals surface area contributed by atoms with Crippen molar-refractivity contribution < 1.29 is 14.2 Å². The largest absolute Gasteiger partial charge is 0.493 e. The Morgan fingerprint density at radius 1 is 0.853 bits per heavy atom. The zero-order valence-electron chi connectivity index (χ0n) is 19.1. The minimum atomic E-state index is 0.516. The van der Waals surface area contributed by atoms with Crippen LogP contribution in [0.2, 0.25) is 10.0 Å². The molecule has 0 saturated carbocycles. The van der Waals surface area contributed by atoms with E-state index in [2.05, 4.69) is 22.3 Å². The van der Waals surface area contributed by atoms with E-state index >= 15 is 0 Å². The molecule has 0 unspecified atom stereocenters. The molecule has 9 heteroatoms. The number of ether oxygens (including phenoxy) is 3. The van der Waals surface area contributed by atoms with Crippen LogP contribution in [-0.2, 0) is 5.75 Å². The lowest BCUT2D eigenvalue weighted by molar-refractivity contribution is 0.324. The summed E-state index contributed by atoms with van der Waals surface area (Å²) in [5.74, 6) is 2.85. The molecule has 6 nitrogen and oxygen atoms in total. The molecular weight excluding hydrogens is 493 g/mol. The quantitative estimate of drug-likeness (QED) is 0.238. The van der Waals surface area contributed by atoms with Crippen molar-refractivity contribution in [2.24, 2.45) is 0 Å². The van der Waals surface area contributed by atoms with Gasteiger partial charge < -0.3 is 14.2 Å². The van der Waals surface area contributed by atoms with Crippen LogP contribution in [0.15, 0.2) is 59.8 Å². The highest BCUT2D eigenvalue weighted by molar-refractivity contribution is 7.98. The Morgan fingerprint density at radius 2 is 1.53 bits per heavy atom. The van der Waals surface area contributed by atoms with Crippen LogP contribution in [0.25, 0.3) is 17.1 Å². The molecular formula is C25H23Cl2N3O3S. The van der Waals surface area contributed by atoms with Crippen molar-refractivity contribution in [3.8, 4) is 34.3 Å². The molecule has 4 aromatic rings. The Bertz CT molecular complexity index is 1280. The van der Waals surface area contributed by atoms with E-state index in [0.29, 0.717) is 38.9 Å². The van der Waals surface area contributed by atoms with E-state index in [1.165, 1.54) is 11.8 Å². The van der Waals surface area contributed by atoms with Gasteiger partial charge in [-0.1, -0.05) is 58.7 Å². The summed E-state index contributed by atoms with van der Waals surface area (Å²) >= 11 is 14.0. The van der Waals surface area contributed by atoms with Gasteiger partial charge in [-0.15, -0.1) is 10.2 Å². The van der Waals surface area contributed by atoms with E-state index in [1.807, 2.05) is 47.9 Å². The van der Waals surface area contributed by atoms with Gasteiger partial charge in [-0.05, 0) is 48.9 Å². The number of methoxy groups -OCH3 is 3. The minimum absolute atomic E-state index is 0.516. The molecule has 0 N–H and O–H groups in total. The number of halogens is 2. The Labute approximate surface area is 212 Å². The number of hydrogen-bond donors (Lipinski definition) is 0. The number of rotatable bonds is 8. The second-order valence-corrected chi connectivity index (χ2v) is 9.20. The summed E-state index contributed by atoms with van der Waals surface area (Å²) < 4.78 is 18.6. The molecule has 0 aliphatic carbocycles. The Hall–Kier alpha value is -2.87. The van der Waals surface area contributed by atoms with Crippen LogP contribution in [-0.4, -0.2) is 36.1 Å². The monoisotopic (exact) mass is 515 g/mol. The third-order valence-electron chi connectivity index (χ3n) is 5.22. The maximum Gasteiger partial charge on any atom is 0.203 e. The second kappa shape index (κ2) is 10.6. The van der Waals surface area contributed by atoms with Gasteiger partial charge in [0.15, 0.2) is 22.5 Å². The molecule has 1 aromatic heterocycles. The lowest BCUT2D eigenvalue weighted by Crippen LogP contribution is -2.01. The molecule has 176 valence electrons. The third kappa shape index (κ3) is 4.97. The number of thioether (sulfide) groups is 1. The maximum absolute atomic E-state index is 6.39. The van der Waals surface area contributed by atoms with Crippen molar-refractivity contribution in [1.82, 2.24) is 14.8 Å². The lowest BCUT2D eigenvalue weighted by atomic mass is 10.1. The van der Waals surface area contributed by atoms with Gasteiger partial charge in [0.05, 0.1) is 21.3 Å². The van der Waals surface area contributed by atoms with Gasteiger partial charge in [0, 0.05) is 27.0 Å². The fourth-order valence-corrected chi connectivity index (χ4v) is 4.98. The van der Waals surface area contributed by atoms with Crippen molar-refractivity contribution in [2.75, 3.05) is 21.3 Å². The van der Waals surface area contributed by atoms with Crippen molar-refractivity contribution >= 4 is 35.0 Å². The van der Waals surface area contributed by atoms with Crippen LogP contribution in [0.1, 0.15) is 11.1 Å². The standard InChI is InChI=1S/C25H23Cl2N3O3S/c1-15-5-9-19(10-6-15)30-24(17-11-21(31-2)23(33-4)22(12-17)32-3)28-29-25(30)34-14-16-7-8-18(26)13-20(16)27/h5-13H,14H2,1-4H3. The van der Waals surface area contributed by atoms with Crippen LogP contribution in [0.3, 0.4) is 0 Å². The molecule has 1 heterocycles. The summed E-state index contributed by atoms with van der Waals surface area (Å²) in [6.45, 7) is 2.05. The number of hydrogen-bond acceptors (Lipinski definition) is 6. The summed E-state index contributed by atoms with van der Waals surface area (Å²) in [6, 6.07) is 17.4. The van der Waals surface area contributed by atoms with Crippen molar-refractivity contribution in [3.63, 3.8) is 0 Å². The van der Waals surface area contributed by atoms with Gasteiger partial charge in [0.2, 0.25) is 5.75 Å². The molecule has 0 fully saturated rings. The van der Waals surface area contributed by atoms with Crippen LogP contribution in [0, 0.1) is 6.92 Å². The topological polar surface area (TPSA) is 58.4 Å². The first kappa shape index (κ1) is 24.3. The highest BCUT2D eigenvalue weighted by Crippen LogP contribution is 2.42. The number of benzene rings is 3. The first-order chi connectivity index (χ1) is 16.4. The normalized spacial score (nSPS) is 10.9. The van der Waals surface area contributed by atoms with Gasteiger partial charge in [0.25, 0.3) is 0 Å². The van der Waals surface area contributed by atoms with E-state index in [4.69, 9.17) is 37.4 Å². The van der Waals surface area contributed by atoms with Gasteiger partial charge in [-0.2, -0.15) is 0 Å². The van der Waals surface area contributed by atoms with Crippen LogP contribution >= 0.6 is 35.0 Å². The average molecular weight is 516 g/mol. The third-order valence-corrected chi connectivity index (χ3v) is 6.79. The number of aryl methyl sites for hydroxylation is 1. The van der Waals surface area contributed by atoms with Gasteiger partial charge in [-0.3, -0.25) is 4.57 Å². The molecule has 34 heavy (non-hydrogen) atoms. The molecule has 4 rings (SSSR count). The Kier molecular flexibility index (Phi) is 7.56. The highest BCUT2D eigenvalue weighted by atomic mass is 35.5. The molecule has 0 radical (unpaired) electrons. The summed E-state index contributed by atoms with van der Waals surface area (Å²) in [6.07, 6.45) is 0. The minimum Gasteiger partial charge on any atom is -0.493 e. The number of aromatic nitrogens is 3. The molecule has 0 aliphatic rings. The second-order valence-electron chi connectivity index (χ2n) is 7.42. The van der Waals surface area contributed by atoms with Crippen LogP contribution < -0.4 is 14.2 Å². The van der Waals surface area contributed by atoms with Gasteiger partial charge in [0.1, 0.15) is 0 Å². The maximum atomic E-state index is 6.39. The zero-order chi connectivity index (χ0) is 24.2. The van der Waals surface area contributed by atoms with E-state index in [0.717, 1.165) is 27.5 Å².